The topological polar surface area (TPSA) is 35.5 Å². The largest absolute Gasteiger partial charge is 0.494 e. The minimum absolute atomic E-state index is 0.159. The lowest BCUT2D eigenvalue weighted by molar-refractivity contribution is -0.143. The van der Waals surface area contributed by atoms with E-state index in [2.05, 4.69) is 6.58 Å². The van der Waals surface area contributed by atoms with Crippen LogP contribution in [0, 0.1) is 5.82 Å². The van der Waals surface area contributed by atoms with Gasteiger partial charge in [0.1, 0.15) is 6.10 Å². The van der Waals surface area contributed by atoms with Crippen molar-refractivity contribution in [1.82, 2.24) is 0 Å². The number of hydrogen-bond acceptors (Lipinski definition) is 3. The summed E-state index contributed by atoms with van der Waals surface area (Å²) in [4.78, 5) is 11.3. The van der Waals surface area contributed by atoms with E-state index in [-0.39, 0.29) is 5.75 Å². The van der Waals surface area contributed by atoms with E-state index >= 15 is 0 Å². The van der Waals surface area contributed by atoms with Crippen LogP contribution in [-0.4, -0.2) is 13.1 Å². The maximum atomic E-state index is 13.4. The Hall–Kier alpha value is -1.84. The molecule has 3 nitrogen and oxygen atoms in total. The van der Waals surface area contributed by atoms with Crippen LogP contribution in [0.4, 0.5) is 4.39 Å². The van der Waals surface area contributed by atoms with Gasteiger partial charge in [0.25, 0.3) is 0 Å². The van der Waals surface area contributed by atoms with Crippen LogP contribution < -0.4 is 4.74 Å². The standard InChI is InChI=1S/C13H15FO3/c1-8(2)13(15)17-9(3)10-5-6-12(16-4)11(14)7-10/h5-7,9H,1H2,2-4H3. The average Bonchev–Trinajstić information content (AvgIpc) is 2.28. The second-order valence-corrected chi connectivity index (χ2v) is 3.72. The molecule has 0 N–H and O–H groups in total. The molecule has 1 aromatic carbocycles. The highest BCUT2D eigenvalue weighted by molar-refractivity contribution is 5.87. The van der Waals surface area contributed by atoms with Crippen LogP contribution in [0.15, 0.2) is 30.4 Å². The van der Waals surface area contributed by atoms with Crippen molar-refractivity contribution >= 4 is 5.97 Å². The number of halogens is 1. The number of carbonyl (C=O) groups is 1. The first-order chi connectivity index (χ1) is 7.95. The Bertz CT molecular complexity index is 440. The number of esters is 1. The minimum atomic E-state index is -0.528. The van der Waals surface area contributed by atoms with Crippen LogP contribution in [0.25, 0.3) is 0 Å². The van der Waals surface area contributed by atoms with Gasteiger partial charge >= 0.3 is 5.97 Å². The summed E-state index contributed by atoms with van der Waals surface area (Å²) in [6.07, 6.45) is -0.528. The van der Waals surface area contributed by atoms with Gasteiger partial charge in [0.05, 0.1) is 7.11 Å². The van der Waals surface area contributed by atoms with Gasteiger partial charge in [-0.3, -0.25) is 0 Å². The third-order valence-corrected chi connectivity index (χ3v) is 2.28. The van der Waals surface area contributed by atoms with Gasteiger partial charge < -0.3 is 9.47 Å². The summed E-state index contributed by atoms with van der Waals surface area (Å²) < 4.78 is 23.3. The van der Waals surface area contributed by atoms with Crippen molar-refractivity contribution in [3.63, 3.8) is 0 Å². The molecule has 0 heterocycles. The zero-order valence-corrected chi connectivity index (χ0v) is 10.1. The number of ether oxygens (including phenoxy) is 2. The number of rotatable bonds is 4. The van der Waals surface area contributed by atoms with E-state index in [0.29, 0.717) is 11.1 Å². The summed E-state index contributed by atoms with van der Waals surface area (Å²) in [5.41, 5.74) is 0.878. The van der Waals surface area contributed by atoms with Gasteiger partial charge in [-0.2, -0.15) is 0 Å². The molecule has 1 unspecified atom stereocenters. The van der Waals surface area contributed by atoms with Crippen LogP contribution in [0.3, 0.4) is 0 Å². The lowest BCUT2D eigenvalue weighted by Gasteiger charge is -2.14. The highest BCUT2D eigenvalue weighted by atomic mass is 19.1. The van der Waals surface area contributed by atoms with E-state index < -0.39 is 17.9 Å². The maximum absolute atomic E-state index is 13.4. The van der Waals surface area contributed by atoms with Gasteiger partial charge in [0.15, 0.2) is 11.6 Å². The zero-order chi connectivity index (χ0) is 13.0. The lowest BCUT2D eigenvalue weighted by Crippen LogP contribution is -2.09. The van der Waals surface area contributed by atoms with Crippen LogP contribution in [0.5, 0.6) is 5.75 Å². The molecular weight excluding hydrogens is 223 g/mol. The second-order valence-electron chi connectivity index (χ2n) is 3.72. The number of benzene rings is 1. The summed E-state index contributed by atoms with van der Waals surface area (Å²) in [5.74, 6) is -0.816. The normalized spacial score (nSPS) is 11.8. The van der Waals surface area contributed by atoms with Gasteiger partial charge in [-0.05, 0) is 31.5 Å². The smallest absolute Gasteiger partial charge is 0.333 e. The molecule has 0 fully saturated rings. The SMILES string of the molecule is C=C(C)C(=O)OC(C)c1ccc(OC)c(F)c1. The molecule has 0 aliphatic rings. The third kappa shape index (κ3) is 3.31. The van der Waals surface area contributed by atoms with Crippen molar-refractivity contribution in [2.45, 2.75) is 20.0 Å². The molecule has 1 atom stereocenters. The number of hydrogen-bond donors (Lipinski definition) is 0. The first kappa shape index (κ1) is 13.2. The quantitative estimate of drug-likeness (QED) is 0.597. The molecule has 0 aliphatic carbocycles. The molecular formula is C13H15FO3. The Kier molecular flexibility index (Phi) is 4.26. The summed E-state index contributed by atoms with van der Waals surface area (Å²) in [6.45, 7) is 6.71. The van der Waals surface area contributed by atoms with E-state index in [1.165, 1.54) is 19.2 Å². The van der Waals surface area contributed by atoms with Crippen molar-refractivity contribution in [1.29, 1.82) is 0 Å². The fourth-order valence-electron chi connectivity index (χ4n) is 1.26. The summed E-state index contributed by atoms with van der Waals surface area (Å²) in [5, 5.41) is 0. The van der Waals surface area contributed by atoms with Gasteiger partial charge in [0.2, 0.25) is 0 Å². The van der Waals surface area contributed by atoms with Crippen molar-refractivity contribution in [2.75, 3.05) is 7.11 Å². The Morgan fingerprint density at radius 2 is 2.12 bits per heavy atom. The van der Waals surface area contributed by atoms with Crippen molar-refractivity contribution in [3.05, 3.63) is 41.7 Å². The first-order valence-corrected chi connectivity index (χ1v) is 5.15. The van der Waals surface area contributed by atoms with E-state index in [1.807, 2.05) is 0 Å². The molecule has 0 spiro atoms. The molecule has 0 saturated carbocycles. The van der Waals surface area contributed by atoms with Gasteiger partial charge in [-0.1, -0.05) is 12.6 Å². The van der Waals surface area contributed by atoms with Crippen molar-refractivity contribution in [3.8, 4) is 5.75 Å². The Morgan fingerprint density at radius 3 is 2.59 bits per heavy atom. The lowest BCUT2D eigenvalue weighted by atomic mass is 10.1. The summed E-state index contributed by atoms with van der Waals surface area (Å²) in [6, 6.07) is 4.43. The van der Waals surface area contributed by atoms with Crippen LogP contribution in [0.1, 0.15) is 25.5 Å². The molecule has 0 amide bonds. The fourth-order valence-corrected chi connectivity index (χ4v) is 1.26. The average molecular weight is 238 g/mol. The molecule has 0 aliphatic heterocycles. The van der Waals surface area contributed by atoms with E-state index in [0.717, 1.165) is 0 Å². The van der Waals surface area contributed by atoms with Crippen LogP contribution >= 0.6 is 0 Å². The zero-order valence-electron chi connectivity index (χ0n) is 10.1. The minimum Gasteiger partial charge on any atom is -0.494 e. The Morgan fingerprint density at radius 1 is 1.47 bits per heavy atom. The molecule has 0 saturated heterocycles. The molecule has 1 aromatic rings. The Labute approximate surface area is 99.9 Å². The highest BCUT2D eigenvalue weighted by Gasteiger charge is 2.14. The third-order valence-electron chi connectivity index (χ3n) is 2.28. The maximum Gasteiger partial charge on any atom is 0.333 e. The van der Waals surface area contributed by atoms with Gasteiger partial charge in [-0.25, -0.2) is 9.18 Å². The highest BCUT2D eigenvalue weighted by Crippen LogP contribution is 2.24. The monoisotopic (exact) mass is 238 g/mol. The first-order valence-electron chi connectivity index (χ1n) is 5.15. The summed E-state index contributed by atoms with van der Waals surface area (Å²) in [7, 11) is 1.39. The number of methoxy groups -OCH3 is 1. The molecule has 92 valence electrons. The van der Waals surface area contributed by atoms with Gasteiger partial charge in [-0.15, -0.1) is 0 Å². The van der Waals surface area contributed by atoms with Crippen LogP contribution in [-0.2, 0) is 9.53 Å². The predicted octanol–water partition coefficient (Wildman–Crippen LogP) is 3.01. The Balaban J connectivity index is 2.83. The van der Waals surface area contributed by atoms with E-state index in [4.69, 9.17) is 9.47 Å². The number of carbonyl (C=O) groups excluding carboxylic acids is 1. The molecule has 0 aromatic heterocycles. The van der Waals surface area contributed by atoms with Crippen LogP contribution in [0.2, 0.25) is 0 Å². The molecule has 1 rings (SSSR count). The predicted molar refractivity (Wildman–Crippen MR) is 62.3 cm³/mol. The van der Waals surface area contributed by atoms with Crippen molar-refractivity contribution < 1.29 is 18.7 Å². The fraction of sp³-hybridized carbons (Fsp3) is 0.308. The molecule has 0 radical (unpaired) electrons. The summed E-state index contributed by atoms with van der Waals surface area (Å²) >= 11 is 0. The second kappa shape index (κ2) is 5.48. The van der Waals surface area contributed by atoms with Crippen molar-refractivity contribution in [2.24, 2.45) is 0 Å². The van der Waals surface area contributed by atoms with Gasteiger partial charge in [0, 0.05) is 5.57 Å². The van der Waals surface area contributed by atoms with E-state index in [1.54, 1.807) is 19.9 Å². The molecule has 4 heteroatoms. The molecule has 0 bridgehead atoms. The van der Waals surface area contributed by atoms with E-state index in [9.17, 15) is 9.18 Å². The molecule has 17 heavy (non-hydrogen) atoms.